The lowest BCUT2D eigenvalue weighted by atomic mass is 10.2. The van der Waals surface area contributed by atoms with Crippen LogP contribution in [0.4, 0.5) is 18.9 Å². The maximum absolute atomic E-state index is 13.0. The molecule has 94 valence electrons. The molecule has 0 atom stereocenters. The van der Waals surface area contributed by atoms with E-state index in [9.17, 15) is 13.2 Å². The lowest BCUT2D eigenvalue weighted by molar-refractivity contribution is 0.445. The van der Waals surface area contributed by atoms with Crippen molar-refractivity contribution in [3.8, 4) is 0 Å². The second-order valence-electron chi connectivity index (χ2n) is 3.73. The molecule has 0 saturated carbocycles. The van der Waals surface area contributed by atoms with Crippen molar-refractivity contribution in [3.63, 3.8) is 0 Å². The van der Waals surface area contributed by atoms with Gasteiger partial charge in [-0.2, -0.15) is 0 Å². The number of benzene rings is 2. The molecule has 0 aliphatic rings. The zero-order valence-electron chi connectivity index (χ0n) is 9.18. The standard InChI is InChI=1S/C13H9BrF3N/c14-9-1-3-10(4-2-9)18-7-8-5-11(15)13(17)12(16)6-8/h1-6,18H,7H2. The molecule has 0 amide bonds. The summed E-state index contributed by atoms with van der Waals surface area (Å²) < 4.78 is 39.6. The van der Waals surface area contributed by atoms with Crippen LogP contribution in [0.25, 0.3) is 0 Å². The first kappa shape index (κ1) is 13.0. The Hall–Kier alpha value is -1.49. The summed E-state index contributed by atoms with van der Waals surface area (Å²) in [6, 6.07) is 9.28. The Morgan fingerprint density at radius 3 is 2.06 bits per heavy atom. The lowest BCUT2D eigenvalue weighted by Crippen LogP contribution is -2.02. The molecule has 0 saturated heterocycles. The molecule has 0 unspecified atom stereocenters. The predicted octanol–water partition coefficient (Wildman–Crippen LogP) is 4.48. The van der Waals surface area contributed by atoms with Gasteiger partial charge in [0.1, 0.15) is 0 Å². The summed E-state index contributed by atoms with van der Waals surface area (Å²) in [4.78, 5) is 0. The molecule has 5 heteroatoms. The van der Waals surface area contributed by atoms with E-state index in [1.54, 1.807) is 0 Å². The first-order valence-corrected chi connectivity index (χ1v) is 5.98. The summed E-state index contributed by atoms with van der Waals surface area (Å²) in [7, 11) is 0. The minimum atomic E-state index is -1.44. The number of nitrogens with one attached hydrogen (secondary N) is 1. The van der Waals surface area contributed by atoms with Crippen LogP contribution < -0.4 is 5.32 Å². The van der Waals surface area contributed by atoms with Crippen molar-refractivity contribution in [1.29, 1.82) is 0 Å². The largest absolute Gasteiger partial charge is 0.381 e. The fraction of sp³-hybridized carbons (Fsp3) is 0.0769. The molecule has 2 rings (SSSR count). The first-order valence-electron chi connectivity index (χ1n) is 5.19. The van der Waals surface area contributed by atoms with Gasteiger partial charge in [0.15, 0.2) is 17.5 Å². The third kappa shape index (κ3) is 3.04. The summed E-state index contributed by atoms with van der Waals surface area (Å²) in [6.07, 6.45) is 0. The smallest absolute Gasteiger partial charge is 0.194 e. The van der Waals surface area contributed by atoms with Crippen molar-refractivity contribution >= 4 is 21.6 Å². The minimum absolute atomic E-state index is 0.218. The molecule has 0 fully saturated rings. The van der Waals surface area contributed by atoms with Gasteiger partial charge in [0, 0.05) is 16.7 Å². The van der Waals surface area contributed by atoms with Crippen LogP contribution >= 0.6 is 15.9 Å². The molecule has 0 aliphatic carbocycles. The van der Waals surface area contributed by atoms with Crippen LogP contribution in [0, 0.1) is 17.5 Å². The highest BCUT2D eigenvalue weighted by molar-refractivity contribution is 9.10. The SMILES string of the molecule is Fc1cc(CNc2ccc(Br)cc2)cc(F)c1F. The van der Waals surface area contributed by atoms with E-state index in [0.29, 0.717) is 5.56 Å². The van der Waals surface area contributed by atoms with E-state index in [1.165, 1.54) is 0 Å². The number of hydrogen-bond acceptors (Lipinski definition) is 1. The van der Waals surface area contributed by atoms with E-state index in [1.807, 2.05) is 24.3 Å². The van der Waals surface area contributed by atoms with Gasteiger partial charge in [-0.05, 0) is 42.0 Å². The molecular formula is C13H9BrF3N. The molecular weight excluding hydrogens is 307 g/mol. The van der Waals surface area contributed by atoms with Crippen LogP contribution in [0.1, 0.15) is 5.56 Å². The third-order valence-corrected chi connectivity index (χ3v) is 2.91. The quantitative estimate of drug-likeness (QED) is 0.823. The van der Waals surface area contributed by atoms with Gasteiger partial charge in [0.2, 0.25) is 0 Å². The molecule has 18 heavy (non-hydrogen) atoms. The Morgan fingerprint density at radius 2 is 1.50 bits per heavy atom. The van der Waals surface area contributed by atoms with Crippen molar-refractivity contribution in [3.05, 3.63) is 63.9 Å². The summed E-state index contributed by atoms with van der Waals surface area (Å²) in [5, 5.41) is 2.99. The molecule has 1 N–H and O–H groups in total. The molecule has 2 aromatic carbocycles. The van der Waals surface area contributed by atoms with Gasteiger partial charge in [-0.3, -0.25) is 0 Å². The fourth-order valence-electron chi connectivity index (χ4n) is 1.48. The van der Waals surface area contributed by atoms with Crippen molar-refractivity contribution < 1.29 is 13.2 Å². The Balaban J connectivity index is 2.08. The van der Waals surface area contributed by atoms with Crippen LogP contribution in [0.3, 0.4) is 0 Å². The second-order valence-corrected chi connectivity index (χ2v) is 4.65. The van der Waals surface area contributed by atoms with Crippen LogP contribution in [0.2, 0.25) is 0 Å². The highest BCUT2D eigenvalue weighted by Crippen LogP contribution is 2.17. The topological polar surface area (TPSA) is 12.0 Å². The lowest BCUT2D eigenvalue weighted by Gasteiger charge is -2.07. The Labute approximate surface area is 111 Å². The monoisotopic (exact) mass is 315 g/mol. The van der Waals surface area contributed by atoms with Gasteiger partial charge in [-0.25, -0.2) is 13.2 Å². The van der Waals surface area contributed by atoms with Gasteiger partial charge in [0.25, 0.3) is 0 Å². The van der Waals surface area contributed by atoms with Gasteiger partial charge in [-0.1, -0.05) is 15.9 Å². The van der Waals surface area contributed by atoms with E-state index in [4.69, 9.17) is 0 Å². The highest BCUT2D eigenvalue weighted by Gasteiger charge is 2.10. The molecule has 0 spiro atoms. The highest BCUT2D eigenvalue weighted by atomic mass is 79.9. The van der Waals surface area contributed by atoms with Crippen molar-refractivity contribution in [2.75, 3.05) is 5.32 Å². The molecule has 2 aromatic rings. The molecule has 0 aromatic heterocycles. The van der Waals surface area contributed by atoms with E-state index >= 15 is 0 Å². The first-order chi connectivity index (χ1) is 8.56. The van der Waals surface area contributed by atoms with Crippen LogP contribution in [0.15, 0.2) is 40.9 Å². The predicted molar refractivity (Wildman–Crippen MR) is 67.8 cm³/mol. The summed E-state index contributed by atoms with van der Waals surface area (Å²) in [5.41, 5.74) is 1.15. The summed E-state index contributed by atoms with van der Waals surface area (Å²) in [5.74, 6) is -3.80. The van der Waals surface area contributed by atoms with Crippen LogP contribution in [-0.4, -0.2) is 0 Å². The Morgan fingerprint density at radius 1 is 0.944 bits per heavy atom. The normalized spacial score (nSPS) is 10.4. The van der Waals surface area contributed by atoms with Gasteiger partial charge in [0.05, 0.1) is 0 Å². The van der Waals surface area contributed by atoms with Crippen LogP contribution in [0.5, 0.6) is 0 Å². The Bertz CT molecular complexity index is 532. The fourth-order valence-corrected chi connectivity index (χ4v) is 1.75. The number of hydrogen-bond donors (Lipinski definition) is 1. The molecule has 0 radical (unpaired) electrons. The number of rotatable bonds is 3. The number of anilines is 1. The minimum Gasteiger partial charge on any atom is -0.381 e. The zero-order chi connectivity index (χ0) is 13.1. The van der Waals surface area contributed by atoms with Crippen molar-refractivity contribution in [2.24, 2.45) is 0 Å². The van der Waals surface area contributed by atoms with E-state index in [2.05, 4.69) is 21.2 Å². The van der Waals surface area contributed by atoms with Gasteiger partial charge >= 0.3 is 0 Å². The number of halogens is 4. The van der Waals surface area contributed by atoms with E-state index in [-0.39, 0.29) is 6.54 Å². The third-order valence-electron chi connectivity index (χ3n) is 2.38. The van der Waals surface area contributed by atoms with E-state index in [0.717, 1.165) is 22.3 Å². The Kier molecular flexibility index (Phi) is 3.91. The van der Waals surface area contributed by atoms with Gasteiger partial charge in [-0.15, -0.1) is 0 Å². The summed E-state index contributed by atoms with van der Waals surface area (Å²) >= 11 is 3.30. The molecule has 0 bridgehead atoms. The molecule has 0 heterocycles. The van der Waals surface area contributed by atoms with Gasteiger partial charge < -0.3 is 5.32 Å². The average Bonchev–Trinajstić information content (AvgIpc) is 2.35. The maximum atomic E-state index is 13.0. The summed E-state index contributed by atoms with van der Waals surface area (Å²) in [6.45, 7) is 0.218. The maximum Gasteiger partial charge on any atom is 0.194 e. The zero-order valence-corrected chi connectivity index (χ0v) is 10.8. The van der Waals surface area contributed by atoms with Crippen molar-refractivity contribution in [1.82, 2.24) is 0 Å². The van der Waals surface area contributed by atoms with E-state index < -0.39 is 17.5 Å². The van der Waals surface area contributed by atoms with Crippen LogP contribution in [-0.2, 0) is 6.54 Å². The second kappa shape index (κ2) is 5.44. The molecule has 1 nitrogen and oxygen atoms in total. The van der Waals surface area contributed by atoms with Crippen molar-refractivity contribution in [2.45, 2.75) is 6.54 Å². The molecule has 0 aliphatic heterocycles. The average molecular weight is 316 g/mol.